The fourth-order valence-corrected chi connectivity index (χ4v) is 1.54. The van der Waals surface area contributed by atoms with Gasteiger partial charge in [-0.15, -0.1) is 11.3 Å². The second-order valence-electron chi connectivity index (χ2n) is 2.49. The van der Waals surface area contributed by atoms with Crippen molar-refractivity contribution in [1.29, 1.82) is 5.26 Å². The van der Waals surface area contributed by atoms with Crippen molar-refractivity contribution in [2.24, 2.45) is 0 Å². The van der Waals surface area contributed by atoms with Crippen molar-refractivity contribution >= 4 is 23.4 Å². The molecule has 0 saturated heterocycles. The minimum absolute atomic E-state index is 0.0400. The smallest absolute Gasteiger partial charge is 0.348 e. The highest BCUT2D eigenvalue weighted by molar-refractivity contribution is 7.10. The third-order valence-electron chi connectivity index (χ3n) is 1.43. The molecule has 0 saturated carbocycles. The number of aromatic nitrogens is 1. The van der Waals surface area contributed by atoms with Gasteiger partial charge < -0.3 is 4.74 Å². The zero-order chi connectivity index (χ0) is 10.6. The second-order valence-corrected chi connectivity index (χ2v) is 3.38. The van der Waals surface area contributed by atoms with Gasteiger partial charge in [0.05, 0.1) is 7.11 Å². The van der Waals surface area contributed by atoms with Gasteiger partial charge in [-0.25, -0.2) is 9.78 Å². The predicted molar refractivity (Wildman–Crippen MR) is 52.5 cm³/mol. The lowest BCUT2D eigenvalue weighted by molar-refractivity contribution is -0.135. The maximum absolute atomic E-state index is 11.0. The molecule has 72 valence electrons. The first-order valence-electron chi connectivity index (χ1n) is 3.79. The number of esters is 1. The molecule has 0 aliphatic heterocycles. The number of hydrogen-bond donors (Lipinski definition) is 0. The van der Waals surface area contributed by atoms with Gasteiger partial charge in [0.2, 0.25) is 0 Å². The summed E-state index contributed by atoms with van der Waals surface area (Å²) in [5.41, 5.74) is 0.824. The molecule has 0 atom stereocenters. The Morgan fingerprint density at radius 1 is 1.79 bits per heavy atom. The van der Waals surface area contributed by atoms with Gasteiger partial charge in [-0.1, -0.05) is 0 Å². The summed E-state index contributed by atoms with van der Waals surface area (Å²) >= 11 is 1.37. The summed E-state index contributed by atoms with van der Waals surface area (Å²) in [4.78, 5) is 15.1. The van der Waals surface area contributed by atoms with Crippen molar-refractivity contribution in [3.05, 3.63) is 21.7 Å². The van der Waals surface area contributed by atoms with Gasteiger partial charge in [-0.3, -0.25) is 0 Å². The highest BCUT2D eigenvalue weighted by Gasteiger charge is 2.09. The fourth-order valence-electron chi connectivity index (χ4n) is 0.809. The minimum Gasteiger partial charge on any atom is -0.465 e. The van der Waals surface area contributed by atoms with Gasteiger partial charge >= 0.3 is 5.97 Å². The van der Waals surface area contributed by atoms with Crippen LogP contribution < -0.4 is 0 Å². The third kappa shape index (κ3) is 2.41. The summed E-state index contributed by atoms with van der Waals surface area (Å²) in [7, 11) is 1.24. The summed E-state index contributed by atoms with van der Waals surface area (Å²) in [5.74, 6) is -0.639. The highest BCUT2D eigenvalue weighted by atomic mass is 32.1. The van der Waals surface area contributed by atoms with Crippen LogP contribution in [0, 0.1) is 18.3 Å². The Balaban J connectivity index is 2.96. The number of nitrogens with zero attached hydrogens (tertiary/aromatic N) is 2. The Hall–Kier alpha value is -1.67. The lowest BCUT2D eigenvalue weighted by Gasteiger charge is -1.93. The summed E-state index contributed by atoms with van der Waals surface area (Å²) in [6, 6.07) is 1.76. The van der Waals surface area contributed by atoms with Crippen LogP contribution in [0.4, 0.5) is 0 Å². The molecule has 1 aromatic rings. The Morgan fingerprint density at radius 2 is 2.50 bits per heavy atom. The molecule has 0 aliphatic rings. The molecule has 1 heterocycles. The molecule has 0 unspecified atom stereocenters. The van der Waals surface area contributed by atoms with Gasteiger partial charge in [-0.2, -0.15) is 5.26 Å². The number of aryl methyl sites for hydroxylation is 1. The van der Waals surface area contributed by atoms with Gasteiger partial charge in [0.25, 0.3) is 0 Å². The van der Waals surface area contributed by atoms with E-state index >= 15 is 0 Å². The SMILES string of the molecule is COC(=O)/C(C#N)=C/c1nc(C)cs1. The summed E-state index contributed by atoms with van der Waals surface area (Å²) in [5, 5.41) is 11.1. The normalized spacial score (nSPS) is 10.8. The molecule has 0 spiro atoms. The first kappa shape index (κ1) is 10.4. The Morgan fingerprint density at radius 3 is 2.93 bits per heavy atom. The molecule has 0 amide bonds. The van der Waals surface area contributed by atoms with Gasteiger partial charge in [-0.05, 0) is 13.0 Å². The Kier molecular flexibility index (Phi) is 3.37. The first-order chi connectivity index (χ1) is 6.67. The molecule has 1 rings (SSSR count). The van der Waals surface area contributed by atoms with Crippen LogP contribution in [0.1, 0.15) is 10.7 Å². The van der Waals surface area contributed by atoms with Crippen LogP contribution in [0.5, 0.6) is 0 Å². The lowest BCUT2D eigenvalue weighted by atomic mass is 10.3. The number of ether oxygens (including phenoxy) is 1. The van der Waals surface area contributed by atoms with Gasteiger partial charge in [0, 0.05) is 11.1 Å². The Labute approximate surface area is 85.5 Å². The fraction of sp³-hybridized carbons (Fsp3) is 0.222. The molecule has 1 aromatic heterocycles. The lowest BCUT2D eigenvalue weighted by Crippen LogP contribution is -2.02. The largest absolute Gasteiger partial charge is 0.465 e. The van der Waals surface area contributed by atoms with Crippen molar-refractivity contribution in [3.8, 4) is 6.07 Å². The second kappa shape index (κ2) is 4.53. The van der Waals surface area contributed by atoms with E-state index in [0.717, 1.165) is 5.69 Å². The van der Waals surface area contributed by atoms with E-state index in [9.17, 15) is 4.79 Å². The van der Waals surface area contributed by atoms with Crippen LogP contribution in [-0.2, 0) is 9.53 Å². The number of thiazole rings is 1. The van der Waals surface area contributed by atoms with E-state index in [4.69, 9.17) is 5.26 Å². The molecule has 0 radical (unpaired) electrons. The van der Waals surface area contributed by atoms with Crippen LogP contribution in [0.2, 0.25) is 0 Å². The molecule has 0 aliphatic carbocycles. The number of rotatable bonds is 2. The molecule has 0 fully saturated rings. The number of carbonyl (C=O) groups is 1. The maximum Gasteiger partial charge on any atom is 0.348 e. The highest BCUT2D eigenvalue weighted by Crippen LogP contribution is 2.13. The van der Waals surface area contributed by atoms with E-state index in [0.29, 0.717) is 5.01 Å². The molecule has 14 heavy (non-hydrogen) atoms. The van der Waals surface area contributed by atoms with Crippen molar-refractivity contribution in [2.45, 2.75) is 6.92 Å². The maximum atomic E-state index is 11.0. The van der Waals surface area contributed by atoms with Crippen molar-refractivity contribution in [3.63, 3.8) is 0 Å². The minimum atomic E-state index is -0.639. The predicted octanol–water partition coefficient (Wildman–Crippen LogP) is 1.53. The summed E-state index contributed by atoms with van der Waals surface area (Å²) in [6.45, 7) is 1.85. The number of hydrogen-bond acceptors (Lipinski definition) is 5. The standard InChI is InChI=1S/C9H8N2O2S/c1-6-5-14-8(11-6)3-7(4-10)9(12)13-2/h3,5H,1-2H3/b7-3+. The van der Waals surface area contributed by atoms with E-state index in [2.05, 4.69) is 9.72 Å². The molecule has 0 aromatic carbocycles. The molecule has 0 bridgehead atoms. The number of carbonyl (C=O) groups excluding carboxylic acids is 1. The topological polar surface area (TPSA) is 63.0 Å². The average Bonchev–Trinajstić information content (AvgIpc) is 2.59. The monoisotopic (exact) mass is 208 g/mol. The van der Waals surface area contributed by atoms with E-state index in [1.165, 1.54) is 24.5 Å². The summed E-state index contributed by atoms with van der Waals surface area (Å²) in [6.07, 6.45) is 1.42. The zero-order valence-corrected chi connectivity index (χ0v) is 8.59. The average molecular weight is 208 g/mol. The zero-order valence-electron chi connectivity index (χ0n) is 7.77. The first-order valence-corrected chi connectivity index (χ1v) is 4.67. The molecular formula is C9H8N2O2S. The molecule has 0 N–H and O–H groups in total. The van der Waals surface area contributed by atoms with Crippen LogP contribution in [0.3, 0.4) is 0 Å². The molecule has 5 heteroatoms. The third-order valence-corrected chi connectivity index (χ3v) is 2.34. The van der Waals surface area contributed by atoms with Crippen LogP contribution >= 0.6 is 11.3 Å². The van der Waals surface area contributed by atoms with Crippen molar-refractivity contribution < 1.29 is 9.53 Å². The van der Waals surface area contributed by atoms with Crippen molar-refractivity contribution in [1.82, 2.24) is 4.98 Å². The van der Waals surface area contributed by atoms with Crippen LogP contribution in [0.15, 0.2) is 11.0 Å². The van der Waals surface area contributed by atoms with Crippen LogP contribution in [-0.4, -0.2) is 18.1 Å². The van der Waals surface area contributed by atoms with Crippen LogP contribution in [0.25, 0.3) is 6.08 Å². The van der Waals surface area contributed by atoms with Gasteiger partial charge in [0.15, 0.2) is 0 Å². The van der Waals surface area contributed by atoms with Crippen molar-refractivity contribution in [2.75, 3.05) is 7.11 Å². The molecule has 4 nitrogen and oxygen atoms in total. The van der Waals surface area contributed by atoms with E-state index in [1.54, 1.807) is 6.07 Å². The van der Waals surface area contributed by atoms with E-state index in [-0.39, 0.29) is 5.57 Å². The summed E-state index contributed by atoms with van der Waals surface area (Å²) < 4.78 is 4.43. The van der Waals surface area contributed by atoms with Gasteiger partial charge in [0.1, 0.15) is 16.6 Å². The van der Waals surface area contributed by atoms with E-state index < -0.39 is 5.97 Å². The number of nitriles is 1. The quantitative estimate of drug-likeness (QED) is 0.420. The molecular weight excluding hydrogens is 200 g/mol. The van der Waals surface area contributed by atoms with E-state index in [1.807, 2.05) is 12.3 Å². The Bertz CT molecular complexity index is 415. The number of methoxy groups -OCH3 is 1.